The third-order valence-corrected chi connectivity index (χ3v) is 2.42. The van der Waals surface area contributed by atoms with Crippen molar-refractivity contribution in [3.05, 3.63) is 35.4 Å². The van der Waals surface area contributed by atoms with E-state index in [1.807, 2.05) is 0 Å². The lowest BCUT2D eigenvalue weighted by Crippen LogP contribution is -1.99. The molecule has 1 aromatic carbocycles. The van der Waals surface area contributed by atoms with Crippen molar-refractivity contribution < 1.29 is 20.1 Å². The van der Waals surface area contributed by atoms with E-state index in [9.17, 15) is 15.0 Å². The van der Waals surface area contributed by atoms with Crippen LogP contribution in [-0.4, -0.2) is 27.7 Å². The Bertz CT molecular complexity index is 435. The topological polar surface area (TPSA) is 77.8 Å². The van der Waals surface area contributed by atoms with Gasteiger partial charge in [-0.05, 0) is 25.0 Å². The summed E-state index contributed by atoms with van der Waals surface area (Å²) in [6, 6.07) is 2.65. The number of aliphatic hydroxyl groups is 1. The third kappa shape index (κ3) is 3.60. The zero-order valence-electron chi connectivity index (χ0n) is 9.68. The summed E-state index contributed by atoms with van der Waals surface area (Å²) in [5.74, 6) is -0.420. The maximum absolute atomic E-state index is 11.8. The van der Waals surface area contributed by atoms with Gasteiger partial charge < -0.3 is 15.3 Å². The predicted octanol–water partition coefficient (Wildman–Crippen LogP) is 1.92. The van der Waals surface area contributed by atoms with Crippen molar-refractivity contribution in [3.63, 3.8) is 0 Å². The predicted molar refractivity (Wildman–Crippen MR) is 64.3 cm³/mol. The maximum atomic E-state index is 11.8. The van der Waals surface area contributed by atoms with Crippen LogP contribution in [0.5, 0.6) is 11.5 Å². The molecule has 0 saturated carbocycles. The average molecular weight is 236 g/mol. The van der Waals surface area contributed by atoms with Gasteiger partial charge in [-0.1, -0.05) is 12.2 Å². The molecule has 1 aromatic rings. The molecule has 0 saturated heterocycles. The van der Waals surface area contributed by atoms with Crippen LogP contribution in [0.1, 0.15) is 28.8 Å². The number of carbonyl (C=O) groups is 1. The highest BCUT2D eigenvalue weighted by Crippen LogP contribution is 2.27. The van der Waals surface area contributed by atoms with Crippen LogP contribution in [0.2, 0.25) is 0 Å². The number of aryl methyl sites for hydroxylation is 1. The molecule has 0 radical (unpaired) electrons. The average Bonchev–Trinajstić information content (AvgIpc) is 2.29. The standard InChI is InChI=1S/C13H16O4/c1-9-7-10(13(17)8-12(9)16)11(15)5-3-2-4-6-14/h2,4,7-8,14,16-17H,3,5-6H2,1H3. The molecule has 0 aromatic heterocycles. The minimum atomic E-state index is -0.204. The maximum Gasteiger partial charge on any atom is 0.166 e. The van der Waals surface area contributed by atoms with Crippen LogP contribution in [0, 0.1) is 6.92 Å². The second-order valence-electron chi connectivity index (χ2n) is 3.77. The molecule has 0 aliphatic rings. The molecule has 4 heteroatoms. The van der Waals surface area contributed by atoms with Gasteiger partial charge in [0.05, 0.1) is 12.2 Å². The summed E-state index contributed by atoms with van der Waals surface area (Å²) in [6.45, 7) is 1.62. The highest BCUT2D eigenvalue weighted by molar-refractivity contribution is 5.99. The van der Waals surface area contributed by atoms with Gasteiger partial charge in [-0.3, -0.25) is 4.79 Å². The van der Waals surface area contributed by atoms with E-state index in [2.05, 4.69) is 0 Å². The van der Waals surface area contributed by atoms with Crippen LogP contribution in [0.15, 0.2) is 24.3 Å². The number of carbonyl (C=O) groups excluding carboxylic acids is 1. The first-order valence-electron chi connectivity index (χ1n) is 5.38. The van der Waals surface area contributed by atoms with Gasteiger partial charge in [0.2, 0.25) is 0 Å². The summed E-state index contributed by atoms with van der Waals surface area (Å²) < 4.78 is 0. The summed E-state index contributed by atoms with van der Waals surface area (Å²) >= 11 is 0. The molecule has 0 aliphatic carbocycles. The van der Waals surface area contributed by atoms with Crippen molar-refractivity contribution in [1.29, 1.82) is 0 Å². The lowest BCUT2D eigenvalue weighted by atomic mass is 10.0. The van der Waals surface area contributed by atoms with Crippen molar-refractivity contribution in [2.75, 3.05) is 6.61 Å². The Morgan fingerprint density at radius 3 is 2.59 bits per heavy atom. The number of hydrogen-bond donors (Lipinski definition) is 3. The van der Waals surface area contributed by atoms with Crippen LogP contribution >= 0.6 is 0 Å². The second-order valence-corrected chi connectivity index (χ2v) is 3.77. The molecule has 0 heterocycles. The van der Waals surface area contributed by atoms with E-state index in [1.54, 1.807) is 19.1 Å². The summed E-state index contributed by atoms with van der Waals surface area (Å²) in [4.78, 5) is 11.8. The first kappa shape index (κ1) is 13.3. The molecule has 17 heavy (non-hydrogen) atoms. The fourth-order valence-corrected chi connectivity index (χ4v) is 1.45. The van der Waals surface area contributed by atoms with Crippen LogP contribution < -0.4 is 0 Å². The minimum Gasteiger partial charge on any atom is -0.508 e. The molecule has 1 rings (SSSR count). The smallest absolute Gasteiger partial charge is 0.166 e. The molecule has 3 N–H and O–H groups in total. The number of ketones is 1. The van der Waals surface area contributed by atoms with Crippen molar-refractivity contribution >= 4 is 5.78 Å². The van der Waals surface area contributed by atoms with Crippen LogP contribution in [0.25, 0.3) is 0 Å². The van der Waals surface area contributed by atoms with Crippen LogP contribution in [0.4, 0.5) is 0 Å². The SMILES string of the molecule is Cc1cc(C(=O)CCC=CCO)c(O)cc1O. The quantitative estimate of drug-likeness (QED) is 0.539. The summed E-state index contributed by atoms with van der Waals surface area (Å²) in [5.41, 5.74) is 0.773. The van der Waals surface area contributed by atoms with Crippen molar-refractivity contribution in [3.8, 4) is 11.5 Å². The fourth-order valence-electron chi connectivity index (χ4n) is 1.45. The Labute approximate surface area is 99.8 Å². The summed E-state index contributed by atoms with van der Waals surface area (Å²) in [6.07, 6.45) is 4.05. The van der Waals surface area contributed by atoms with E-state index < -0.39 is 0 Å². The molecule has 0 spiro atoms. The van der Waals surface area contributed by atoms with E-state index in [1.165, 1.54) is 12.1 Å². The fraction of sp³-hybridized carbons (Fsp3) is 0.308. The largest absolute Gasteiger partial charge is 0.508 e. The number of rotatable bonds is 5. The van der Waals surface area contributed by atoms with Gasteiger partial charge in [0, 0.05) is 12.5 Å². The third-order valence-electron chi connectivity index (χ3n) is 2.42. The molecular weight excluding hydrogens is 220 g/mol. The number of Topliss-reactive ketones (excluding diaryl/α,β-unsaturated/α-hetero) is 1. The number of aliphatic hydroxyl groups excluding tert-OH is 1. The highest BCUT2D eigenvalue weighted by atomic mass is 16.3. The molecule has 92 valence electrons. The van der Waals surface area contributed by atoms with E-state index in [0.717, 1.165) is 0 Å². The molecule has 0 unspecified atom stereocenters. The van der Waals surface area contributed by atoms with Gasteiger partial charge in [-0.25, -0.2) is 0 Å². The van der Waals surface area contributed by atoms with E-state index in [4.69, 9.17) is 5.11 Å². The minimum absolute atomic E-state index is 0.0285. The number of aromatic hydroxyl groups is 2. The Balaban J connectivity index is 2.75. The van der Waals surface area contributed by atoms with Gasteiger partial charge in [-0.15, -0.1) is 0 Å². The first-order chi connectivity index (χ1) is 8.06. The molecule has 4 nitrogen and oxygen atoms in total. The van der Waals surface area contributed by atoms with Crippen LogP contribution in [0.3, 0.4) is 0 Å². The van der Waals surface area contributed by atoms with Gasteiger partial charge in [-0.2, -0.15) is 0 Å². The van der Waals surface area contributed by atoms with Crippen molar-refractivity contribution in [2.45, 2.75) is 19.8 Å². The normalized spacial score (nSPS) is 10.9. The van der Waals surface area contributed by atoms with Gasteiger partial charge in [0.25, 0.3) is 0 Å². The van der Waals surface area contributed by atoms with E-state index in [-0.39, 0.29) is 35.9 Å². The number of allylic oxidation sites excluding steroid dienone is 1. The lowest BCUT2D eigenvalue weighted by molar-refractivity contribution is 0.0981. The molecule has 0 atom stereocenters. The Morgan fingerprint density at radius 1 is 1.24 bits per heavy atom. The molecule has 0 aliphatic heterocycles. The Morgan fingerprint density at radius 2 is 1.94 bits per heavy atom. The number of benzene rings is 1. The Kier molecular flexibility index (Phi) is 4.72. The zero-order valence-corrected chi connectivity index (χ0v) is 9.68. The zero-order chi connectivity index (χ0) is 12.8. The van der Waals surface area contributed by atoms with E-state index in [0.29, 0.717) is 12.0 Å². The molecule has 0 amide bonds. The van der Waals surface area contributed by atoms with Gasteiger partial charge >= 0.3 is 0 Å². The van der Waals surface area contributed by atoms with Crippen LogP contribution in [-0.2, 0) is 0 Å². The molecule has 0 bridgehead atoms. The number of phenolic OH excluding ortho intramolecular Hbond substituents is 2. The molecular formula is C13H16O4. The number of hydrogen-bond acceptors (Lipinski definition) is 4. The van der Waals surface area contributed by atoms with Crippen molar-refractivity contribution in [1.82, 2.24) is 0 Å². The van der Waals surface area contributed by atoms with Crippen molar-refractivity contribution in [2.24, 2.45) is 0 Å². The Hall–Kier alpha value is -1.81. The lowest BCUT2D eigenvalue weighted by Gasteiger charge is -2.06. The summed E-state index contributed by atoms with van der Waals surface area (Å²) in [7, 11) is 0. The monoisotopic (exact) mass is 236 g/mol. The van der Waals surface area contributed by atoms with E-state index >= 15 is 0 Å². The first-order valence-corrected chi connectivity index (χ1v) is 5.38. The molecule has 0 fully saturated rings. The van der Waals surface area contributed by atoms with Gasteiger partial charge in [0.1, 0.15) is 11.5 Å². The summed E-state index contributed by atoms with van der Waals surface area (Å²) in [5, 5.41) is 27.4. The van der Waals surface area contributed by atoms with Gasteiger partial charge in [0.15, 0.2) is 5.78 Å². The highest BCUT2D eigenvalue weighted by Gasteiger charge is 2.12. The second kappa shape index (κ2) is 6.06. The number of phenols is 2.